The predicted octanol–water partition coefficient (Wildman–Crippen LogP) is 2.11. The Morgan fingerprint density at radius 3 is 2.81 bits per heavy atom. The highest BCUT2D eigenvalue weighted by Gasteiger charge is 2.35. The van der Waals surface area contributed by atoms with Gasteiger partial charge in [-0.1, -0.05) is 30.3 Å². The first kappa shape index (κ1) is 17.7. The molecule has 0 bridgehead atoms. The van der Waals surface area contributed by atoms with Gasteiger partial charge in [0.25, 0.3) is 0 Å². The molecule has 0 amide bonds. The number of nitrogens with zero attached hydrogens (tertiary/aromatic N) is 3. The second kappa shape index (κ2) is 7.13. The predicted molar refractivity (Wildman–Crippen MR) is 101 cm³/mol. The normalized spacial score (nSPS) is 21.8. The maximum atomic E-state index is 12.2. The summed E-state index contributed by atoms with van der Waals surface area (Å²) >= 11 is 0. The summed E-state index contributed by atoms with van der Waals surface area (Å²) in [6, 6.07) is 10.5. The van der Waals surface area contributed by atoms with Crippen LogP contribution >= 0.6 is 0 Å². The molecule has 2 aliphatic heterocycles. The highest BCUT2D eigenvalue weighted by Crippen LogP contribution is 2.33. The molecule has 4 rings (SSSR count). The first-order chi connectivity index (χ1) is 12.6. The zero-order valence-corrected chi connectivity index (χ0v) is 16.0. The summed E-state index contributed by atoms with van der Waals surface area (Å²) in [6.45, 7) is 5.71. The van der Waals surface area contributed by atoms with Crippen LogP contribution in [0.4, 0.5) is 0 Å². The van der Waals surface area contributed by atoms with E-state index in [2.05, 4.69) is 39.4 Å². The van der Waals surface area contributed by atoms with E-state index in [9.17, 15) is 8.42 Å². The van der Waals surface area contributed by atoms with Crippen LogP contribution in [0.1, 0.15) is 41.8 Å². The van der Waals surface area contributed by atoms with Gasteiger partial charge < -0.3 is 0 Å². The zero-order valence-electron chi connectivity index (χ0n) is 15.2. The standard InChI is InChI=1S/C19H26N4O2S/c1-2-26(24,25)23-11-8-16(13-23)19-17-14-22(10-9-18(17)20-21-19)12-15-6-4-3-5-7-15/h3-7,16H,2,8-14H2,1H3,(H,20,21). The van der Waals surface area contributed by atoms with Crippen LogP contribution in [0.3, 0.4) is 0 Å². The van der Waals surface area contributed by atoms with Crippen molar-refractivity contribution >= 4 is 10.0 Å². The molecule has 2 aromatic rings. The van der Waals surface area contributed by atoms with Crippen molar-refractivity contribution in [1.82, 2.24) is 19.4 Å². The van der Waals surface area contributed by atoms with Crippen molar-refractivity contribution in [2.45, 2.75) is 38.8 Å². The number of H-pyrrole nitrogens is 1. The molecule has 1 fully saturated rings. The highest BCUT2D eigenvalue weighted by atomic mass is 32.2. The molecular formula is C19H26N4O2S. The number of sulfonamides is 1. The van der Waals surface area contributed by atoms with Crippen molar-refractivity contribution in [2.75, 3.05) is 25.4 Å². The van der Waals surface area contributed by atoms with Crippen LogP contribution in [0, 0.1) is 0 Å². The van der Waals surface area contributed by atoms with E-state index in [4.69, 9.17) is 0 Å². The van der Waals surface area contributed by atoms with E-state index >= 15 is 0 Å². The van der Waals surface area contributed by atoms with E-state index in [0.29, 0.717) is 13.1 Å². The van der Waals surface area contributed by atoms with Crippen LogP contribution in [0.25, 0.3) is 0 Å². The van der Waals surface area contributed by atoms with Crippen LogP contribution < -0.4 is 0 Å². The molecule has 2 aliphatic rings. The number of fused-ring (bicyclic) bond motifs is 1. The van der Waals surface area contributed by atoms with Crippen molar-refractivity contribution in [3.63, 3.8) is 0 Å². The minimum absolute atomic E-state index is 0.170. The summed E-state index contributed by atoms with van der Waals surface area (Å²) in [5.74, 6) is 0.372. The Kier molecular flexibility index (Phi) is 4.86. The van der Waals surface area contributed by atoms with Crippen LogP contribution in [0.2, 0.25) is 0 Å². The fourth-order valence-electron chi connectivity index (χ4n) is 4.07. The van der Waals surface area contributed by atoms with Crippen LogP contribution in [0.15, 0.2) is 30.3 Å². The average molecular weight is 375 g/mol. The number of aromatic nitrogens is 2. The smallest absolute Gasteiger partial charge is 0.213 e. The molecule has 0 aliphatic carbocycles. The van der Waals surface area contributed by atoms with Crippen LogP contribution in [-0.4, -0.2) is 53.2 Å². The van der Waals surface area contributed by atoms with Crippen LogP contribution in [0.5, 0.6) is 0 Å². The van der Waals surface area contributed by atoms with Crippen molar-refractivity contribution < 1.29 is 8.42 Å². The van der Waals surface area contributed by atoms with Gasteiger partial charge in [-0.3, -0.25) is 10.00 Å². The Morgan fingerprint density at radius 1 is 1.23 bits per heavy atom. The van der Waals surface area contributed by atoms with Gasteiger partial charge in [0.2, 0.25) is 10.0 Å². The molecule has 6 nitrogen and oxygen atoms in total. The van der Waals surface area contributed by atoms with E-state index in [1.807, 2.05) is 6.07 Å². The molecular weight excluding hydrogens is 348 g/mol. The summed E-state index contributed by atoms with van der Waals surface area (Å²) in [6.07, 6.45) is 1.83. The van der Waals surface area contributed by atoms with Gasteiger partial charge in [-0.05, 0) is 18.9 Å². The Bertz CT molecular complexity index is 863. The maximum absolute atomic E-state index is 12.2. The topological polar surface area (TPSA) is 69.3 Å². The zero-order chi connectivity index (χ0) is 18.1. The summed E-state index contributed by atoms with van der Waals surface area (Å²) in [5.41, 5.74) is 4.91. The van der Waals surface area contributed by atoms with E-state index in [-0.39, 0.29) is 11.7 Å². The van der Waals surface area contributed by atoms with Gasteiger partial charge in [0, 0.05) is 56.3 Å². The summed E-state index contributed by atoms with van der Waals surface area (Å²) in [7, 11) is -3.11. The van der Waals surface area contributed by atoms with E-state index in [0.717, 1.165) is 38.2 Å². The lowest BCUT2D eigenvalue weighted by molar-refractivity contribution is 0.243. The first-order valence-electron chi connectivity index (χ1n) is 9.37. The maximum Gasteiger partial charge on any atom is 0.213 e. The minimum Gasteiger partial charge on any atom is -0.294 e. The third kappa shape index (κ3) is 3.43. The molecule has 3 heterocycles. The molecule has 1 aromatic heterocycles. The molecule has 0 saturated carbocycles. The molecule has 140 valence electrons. The molecule has 1 atom stereocenters. The van der Waals surface area contributed by atoms with Gasteiger partial charge >= 0.3 is 0 Å². The second-order valence-corrected chi connectivity index (χ2v) is 9.51. The highest BCUT2D eigenvalue weighted by molar-refractivity contribution is 7.89. The lowest BCUT2D eigenvalue weighted by atomic mass is 9.96. The largest absolute Gasteiger partial charge is 0.294 e. The molecule has 1 saturated heterocycles. The number of hydrogen-bond donors (Lipinski definition) is 1. The molecule has 1 aromatic carbocycles. The average Bonchev–Trinajstić information content (AvgIpc) is 3.29. The van der Waals surface area contributed by atoms with E-state index in [1.54, 1.807) is 11.2 Å². The lowest BCUT2D eigenvalue weighted by Crippen LogP contribution is -2.31. The van der Waals surface area contributed by atoms with Gasteiger partial charge in [-0.15, -0.1) is 0 Å². The number of nitrogens with one attached hydrogen (secondary N) is 1. The fraction of sp³-hybridized carbons (Fsp3) is 0.526. The van der Waals surface area contributed by atoms with E-state index in [1.165, 1.54) is 16.8 Å². The number of aromatic amines is 1. The molecule has 1 N–H and O–H groups in total. The third-order valence-electron chi connectivity index (χ3n) is 5.59. The summed E-state index contributed by atoms with van der Waals surface area (Å²) in [4.78, 5) is 2.45. The third-order valence-corrected chi connectivity index (χ3v) is 7.44. The van der Waals surface area contributed by atoms with Crippen molar-refractivity contribution in [2.24, 2.45) is 0 Å². The SMILES string of the molecule is CCS(=O)(=O)N1CCC(c2n[nH]c3c2CN(Cc2ccccc2)CC3)C1. The summed E-state index contributed by atoms with van der Waals surface area (Å²) < 4.78 is 25.9. The Hall–Kier alpha value is -1.70. The van der Waals surface area contributed by atoms with Gasteiger partial charge in [0.05, 0.1) is 11.4 Å². The fourth-order valence-corrected chi connectivity index (χ4v) is 5.23. The molecule has 1 unspecified atom stereocenters. The van der Waals surface area contributed by atoms with Crippen molar-refractivity contribution in [3.05, 3.63) is 52.8 Å². The lowest BCUT2D eigenvalue weighted by Gasteiger charge is -2.27. The monoisotopic (exact) mass is 374 g/mol. The first-order valence-corrected chi connectivity index (χ1v) is 11.0. The van der Waals surface area contributed by atoms with Gasteiger partial charge in [0.15, 0.2) is 0 Å². The Balaban J connectivity index is 1.49. The number of benzene rings is 1. The summed E-state index contributed by atoms with van der Waals surface area (Å²) in [5, 5.41) is 7.80. The quantitative estimate of drug-likeness (QED) is 0.870. The van der Waals surface area contributed by atoms with E-state index < -0.39 is 10.0 Å². The van der Waals surface area contributed by atoms with Gasteiger partial charge in [-0.25, -0.2) is 12.7 Å². The Labute approximate surface area is 155 Å². The van der Waals surface area contributed by atoms with Crippen LogP contribution in [-0.2, 0) is 29.5 Å². The molecule has 26 heavy (non-hydrogen) atoms. The van der Waals surface area contributed by atoms with Crippen molar-refractivity contribution in [3.8, 4) is 0 Å². The molecule has 0 spiro atoms. The number of rotatable bonds is 5. The number of hydrogen-bond acceptors (Lipinski definition) is 4. The second-order valence-electron chi connectivity index (χ2n) is 7.26. The van der Waals surface area contributed by atoms with Gasteiger partial charge in [0.1, 0.15) is 0 Å². The van der Waals surface area contributed by atoms with Crippen molar-refractivity contribution in [1.29, 1.82) is 0 Å². The van der Waals surface area contributed by atoms with Gasteiger partial charge in [-0.2, -0.15) is 5.10 Å². The Morgan fingerprint density at radius 2 is 2.04 bits per heavy atom. The molecule has 0 radical (unpaired) electrons. The minimum atomic E-state index is -3.11. The molecule has 7 heteroatoms.